The highest BCUT2D eigenvalue weighted by Crippen LogP contribution is 2.25. The highest BCUT2D eigenvalue weighted by atomic mass is 16.5. The van der Waals surface area contributed by atoms with Crippen LogP contribution in [0.1, 0.15) is 25.7 Å². The molecule has 0 saturated heterocycles. The molecule has 1 unspecified atom stereocenters. The fraction of sp³-hybridized carbons (Fsp3) is 0.308. The van der Waals surface area contributed by atoms with Gasteiger partial charge in [0.1, 0.15) is 11.6 Å². The zero-order valence-corrected chi connectivity index (χ0v) is 10.6. The monoisotopic (exact) mass is 246 g/mol. The molecule has 1 aromatic heterocycles. The van der Waals surface area contributed by atoms with E-state index in [0.717, 1.165) is 17.3 Å². The van der Waals surface area contributed by atoms with Crippen molar-refractivity contribution in [2.45, 2.75) is 19.9 Å². The number of aromatic nitrogens is 2. The van der Waals surface area contributed by atoms with Gasteiger partial charge < -0.3 is 20.8 Å². The van der Waals surface area contributed by atoms with Gasteiger partial charge in [-0.3, -0.25) is 0 Å². The van der Waals surface area contributed by atoms with Crippen LogP contribution in [0.15, 0.2) is 30.6 Å². The molecule has 96 valence electrons. The first-order chi connectivity index (χ1) is 8.69. The molecule has 0 radical (unpaired) electrons. The smallest absolute Gasteiger partial charge is 0.128 e. The molecule has 5 heteroatoms. The van der Waals surface area contributed by atoms with Crippen molar-refractivity contribution in [3.05, 3.63) is 36.4 Å². The lowest BCUT2D eigenvalue weighted by molar-refractivity contribution is 0.340. The first kappa shape index (κ1) is 12.3. The molecule has 5 nitrogen and oxygen atoms in total. The first-order valence-electron chi connectivity index (χ1n) is 5.98. The van der Waals surface area contributed by atoms with Gasteiger partial charge in [-0.05, 0) is 19.9 Å². The third-order valence-corrected chi connectivity index (χ3v) is 2.55. The van der Waals surface area contributed by atoms with Crippen molar-refractivity contribution in [3.8, 4) is 5.75 Å². The number of aromatic amines is 1. The van der Waals surface area contributed by atoms with Crippen molar-refractivity contribution in [2.75, 3.05) is 17.7 Å². The normalized spacial score (nSPS) is 12.1. The van der Waals surface area contributed by atoms with Gasteiger partial charge in [0.15, 0.2) is 0 Å². The molecule has 1 heterocycles. The van der Waals surface area contributed by atoms with Crippen molar-refractivity contribution >= 4 is 11.4 Å². The topological polar surface area (TPSA) is 76.0 Å². The number of hydrogen-bond donors (Lipinski definition) is 3. The molecule has 0 aliphatic heterocycles. The van der Waals surface area contributed by atoms with Gasteiger partial charge in [0, 0.05) is 35.9 Å². The van der Waals surface area contributed by atoms with E-state index in [-0.39, 0.29) is 6.04 Å². The quantitative estimate of drug-likeness (QED) is 0.709. The number of hydrogen-bond acceptors (Lipinski definition) is 4. The third kappa shape index (κ3) is 2.94. The number of benzene rings is 1. The highest BCUT2D eigenvalue weighted by Gasteiger charge is 2.08. The Hall–Kier alpha value is -2.17. The summed E-state index contributed by atoms with van der Waals surface area (Å²) in [6.07, 6.45) is 3.54. The highest BCUT2D eigenvalue weighted by molar-refractivity contribution is 5.59. The molecule has 0 saturated carbocycles. The average molecular weight is 246 g/mol. The van der Waals surface area contributed by atoms with E-state index < -0.39 is 0 Å². The molecule has 0 aliphatic carbocycles. The molecule has 1 atom stereocenters. The van der Waals surface area contributed by atoms with Crippen molar-refractivity contribution in [3.63, 3.8) is 0 Å². The number of ether oxygens (including phenoxy) is 1. The predicted molar refractivity (Wildman–Crippen MR) is 72.6 cm³/mol. The summed E-state index contributed by atoms with van der Waals surface area (Å²) in [6.45, 7) is 4.60. The molecule has 18 heavy (non-hydrogen) atoms. The summed E-state index contributed by atoms with van der Waals surface area (Å²) in [5.41, 5.74) is 7.44. The minimum atomic E-state index is 0.0799. The summed E-state index contributed by atoms with van der Waals surface area (Å²) in [6, 6.07) is 5.70. The molecule has 2 aromatic rings. The van der Waals surface area contributed by atoms with Gasteiger partial charge >= 0.3 is 0 Å². The molecule has 0 aliphatic rings. The lowest BCUT2D eigenvalue weighted by Crippen LogP contribution is -2.08. The van der Waals surface area contributed by atoms with Gasteiger partial charge in [0.05, 0.1) is 12.6 Å². The Morgan fingerprint density at radius 2 is 2.28 bits per heavy atom. The van der Waals surface area contributed by atoms with E-state index in [0.29, 0.717) is 12.3 Å². The Kier molecular flexibility index (Phi) is 3.72. The minimum absolute atomic E-state index is 0.0799. The summed E-state index contributed by atoms with van der Waals surface area (Å²) in [7, 11) is 0. The molecule has 0 bridgehead atoms. The van der Waals surface area contributed by atoms with Crippen LogP contribution in [0.3, 0.4) is 0 Å². The number of nitrogen functional groups attached to an aromatic ring is 1. The standard InChI is InChI=1S/C13H18N4O/c1-3-18-12-7-10(14)6-11(8-12)17-9(2)13-15-4-5-16-13/h4-9,17H,3,14H2,1-2H3,(H,15,16). The van der Waals surface area contributed by atoms with Gasteiger partial charge in [-0.15, -0.1) is 0 Å². The molecule has 0 amide bonds. The number of nitrogens with one attached hydrogen (secondary N) is 2. The Balaban J connectivity index is 2.13. The lowest BCUT2D eigenvalue weighted by Gasteiger charge is -2.15. The average Bonchev–Trinajstić information content (AvgIpc) is 2.81. The van der Waals surface area contributed by atoms with Crippen molar-refractivity contribution < 1.29 is 4.74 Å². The molecular weight excluding hydrogens is 228 g/mol. The summed E-state index contributed by atoms with van der Waals surface area (Å²) in [4.78, 5) is 7.29. The fourth-order valence-electron chi connectivity index (χ4n) is 1.79. The SMILES string of the molecule is CCOc1cc(N)cc(NC(C)c2ncc[nH]2)c1. The van der Waals surface area contributed by atoms with E-state index in [1.54, 1.807) is 12.4 Å². The molecular formula is C13H18N4O. The number of imidazole rings is 1. The van der Waals surface area contributed by atoms with Crippen LogP contribution in [-0.4, -0.2) is 16.6 Å². The summed E-state index contributed by atoms with van der Waals surface area (Å²) >= 11 is 0. The summed E-state index contributed by atoms with van der Waals surface area (Å²) < 4.78 is 5.46. The van der Waals surface area contributed by atoms with Crippen molar-refractivity contribution in [1.82, 2.24) is 9.97 Å². The van der Waals surface area contributed by atoms with Gasteiger partial charge in [-0.25, -0.2) is 4.98 Å². The van der Waals surface area contributed by atoms with Gasteiger partial charge in [-0.1, -0.05) is 0 Å². The summed E-state index contributed by atoms with van der Waals surface area (Å²) in [5, 5.41) is 3.33. The van der Waals surface area contributed by atoms with E-state index in [4.69, 9.17) is 10.5 Å². The predicted octanol–water partition coefficient (Wildman–Crippen LogP) is 2.56. The van der Waals surface area contributed by atoms with Crippen LogP contribution < -0.4 is 15.8 Å². The van der Waals surface area contributed by atoms with Crippen LogP contribution in [0.2, 0.25) is 0 Å². The number of anilines is 2. The Morgan fingerprint density at radius 1 is 1.44 bits per heavy atom. The second kappa shape index (κ2) is 5.44. The summed E-state index contributed by atoms with van der Waals surface area (Å²) in [5.74, 6) is 1.65. The Morgan fingerprint density at radius 3 is 2.94 bits per heavy atom. The van der Waals surface area contributed by atoms with Gasteiger partial charge in [-0.2, -0.15) is 0 Å². The van der Waals surface area contributed by atoms with E-state index in [9.17, 15) is 0 Å². The van der Waals surface area contributed by atoms with Crippen LogP contribution in [0, 0.1) is 0 Å². The molecule has 1 aromatic carbocycles. The second-order valence-electron chi connectivity index (χ2n) is 4.06. The van der Waals surface area contributed by atoms with Crippen LogP contribution >= 0.6 is 0 Å². The van der Waals surface area contributed by atoms with E-state index >= 15 is 0 Å². The van der Waals surface area contributed by atoms with Crippen LogP contribution in [-0.2, 0) is 0 Å². The van der Waals surface area contributed by atoms with Gasteiger partial charge in [0.2, 0.25) is 0 Å². The minimum Gasteiger partial charge on any atom is -0.494 e. The maximum atomic E-state index is 5.84. The van der Waals surface area contributed by atoms with E-state index in [1.807, 2.05) is 32.0 Å². The maximum Gasteiger partial charge on any atom is 0.128 e. The zero-order valence-electron chi connectivity index (χ0n) is 10.6. The Labute approximate surface area is 106 Å². The van der Waals surface area contributed by atoms with Crippen molar-refractivity contribution in [1.29, 1.82) is 0 Å². The maximum absolute atomic E-state index is 5.84. The number of nitrogens with zero attached hydrogens (tertiary/aromatic N) is 1. The van der Waals surface area contributed by atoms with E-state index in [1.165, 1.54) is 0 Å². The van der Waals surface area contributed by atoms with Crippen LogP contribution in [0.25, 0.3) is 0 Å². The lowest BCUT2D eigenvalue weighted by atomic mass is 10.2. The zero-order chi connectivity index (χ0) is 13.0. The van der Waals surface area contributed by atoms with Gasteiger partial charge in [0.25, 0.3) is 0 Å². The number of nitrogens with two attached hydrogens (primary N) is 1. The Bertz CT molecular complexity index is 496. The largest absolute Gasteiger partial charge is 0.494 e. The number of H-pyrrole nitrogens is 1. The van der Waals surface area contributed by atoms with Crippen molar-refractivity contribution in [2.24, 2.45) is 0 Å². The number of rotatable bonds is 5. The third-order valence-electron chi connectivity index (χ3n) is 2.55. The first-order valence-corrected chi connectivity index (χ1v) is 5.98. The molecule has 2 rings (SSSR count). The van der Waals surface area contributed by atoms with E-state index in [2.05, 4.69) is 15.3 Å². The molecule has 4 N–H and O–H groups in total. The van der Waals surface area contributed by atoms with Crippen LogP contribution in [0.5, 0.6) is 5.75 Å². The second-order valence-corrected chi connectivity index (χ2v) is 4.06. The molecule has 0 fully saturated rings. The fourth-order valence-corrected chi connectivity index (χ4v) is 1.79. The van der Waals surface area contributed by atoms with Crippen LogP contribution in [0.4, 0.5) is 11.4 Å². The molecule has 0 spiro atoms.